The highest BCUT2D eigenvalue weighted by atomic mass is 16.6. The van der Waals surface area contributed by atoms with E-state index in [4.69, 9.17) is 9.47 Å². The molecule has 3 amide bonds. The second-order valence-corrected chi connectivity index (χ2v) is 11.1. The van der Waals surface area contributed by atoms with Crippen LogP contribution in [-0.2, 0) is 16.1 Å². The van der Waals surface area contributed by atoms with Crippen molar-refractivity contribution in [3.63, 3.8) is 0 Å². The molecule has 0 spiro atoms. The molecule has 8 heteroatoms. The summed E-state index contributed by atoms with van der Waals surface area (Å²) in [5.74, 6) is -0.0454. The Morgan fingerprint density at radius 3 is 2.23 bits per heavy atom. The molecule has 0 saturated carbocycles. The largest absolute Gasteiger partial charge is 0.445 e. The van der Waals surface area contributed by atoms with Crippen molar-refractivity contribution in [1.82, 2.24) is 15.3 Å². The van der Waals surface area contributed by atoms with E-state index in [1.807, 2.05) is 42.5 Å². The lowest BCUT2D eigenvalue weighted by Crippen LogP contribution is -2.48. The number of likely N-dealkylation sites (tertiary alicyclic amines) is 1. The molecule has 1 heterocycles. The van der Waals surface area contributed by atoms with Crippen molar-refractivity contribution in [2.45, 2.75) is 84.3 Å². The number of piperidine rings is 1. The molecule has 1 fully saturated rings. The van der Waals surface area contributed by atoms with Crippen LogP contribution < -0.4 is 5.43 Å². The zero-order valence-corrected chi connectivity index (χ0v) is 23.8. The molecular formula is C31H43N3O5. The molecule has 8 nitrogen and oxygen atoms in total. The molecule has 1 aliphatic heterocycles. The zero-order valence-electron chi connectivity index (χ0n) is 23.8. The van der Waals surface area contributed by atoms with Gasteiger partial charge in [-0.15, -0.1) is 0 Å². The Balaban J connectivity index is 1.51. The molecule has 0 bridgehead atoms. The van der Waals surface area contributed by atoms with Gasteiger partial charge in [-0.1, -0.05) is 68.7 Å². The summed E-state index contributed by atoms with van der Waals surface area (Å²) in [6.07, 6.45) is 4.74. The summed E-state index contributed by atoms with van der Waals surface area (Å²) in [5.41, 5.74) is 4.66. The van der Waals surface area contributed by atoms with Gasteiger partial charge in [0.25, 0.3) is 5.91 Å². The molecule has 0 aromatic heterocycles. The molecule has 39 heavy (non-hydrogen) atoms. The zero-order chi connectivity index (χ0) is 28.3. The second kappa shape index (κ2) is 14.6. The molecule has 0 radical (unpaired) electrons. The van der Waals surface area contributed by atoms with Gasteiger partial charge in [0.15, 0.2) is 0 Å². The number of nitrogens with zero attached hydrogens (tertiary/aromatic N) is 2. The van der Waals surface area contributed by atoms with Gasteiger partial charge < -0.3 is 14.4 Å². The number of hydrazine groups is 1. The maximum absolute atomic E-state index is 13.0. The van der Waals surface area contributed by atoms with Gasteiger partial charge in [-0.3, -0.25) is 10.2 Å². The Labute approximate surface area is 232 Å². The van der Waals surface area contributed by atoms with Crippen molar-refractivity contribution < 1.29 is 23.9 Å². The first-order valence-electron chi connectivity index (χ1n) is 14.0. The van der Waals surface area contributed by atoms with E-state index in [0.717, 1.165) is 49.7 Å². The first-order chi connectivity index (χ1) is 18.7. The second-order valence-electron chi connectivity index (χ2n) is 11.1. The van der Waals surface area contributed by atoms with Crippen LogP contribution in [0.3, 0.4) is 0 Å². The number of rotatable bonds is 9. The van der Waals surface area contributed by atoms with Crippen LogP contribution in [0.15, 0.2) is 54.6 Å². The maximum atomic E-state index is 13.0. The number of carbonyl (C=O) groups excluding carboxylic acids is 3. The van der Waals surface area contributed by atoms with Gasteiger partial charge in [0, 0.05) is 25.2 Å². The Kier molecular flexibility index (Phi) is 11.2. The van der Waals surface area contributed by atoms with Crippen LogP contribution in [0, 0.1) is 0 Å². The average Bonchev–Trinajstić information content (AvgIpc) is 2.93. The fraction of sp³-hybridized carbons (Fsp3) is 0.516. The van der Waals surface area contributed by atoms with E-state index in [1.54, 1.807) is 37.8 Å². The van der Waals surface area contributed by atoms with Gasteiger partial charge in [0.2, 0.25) is 0 Å². The topological polar surface area (TPSA) is 88.2 Å². The summed E-state index contributed by atoms with van der Waals surface area (Å²) in [5, 5.41) is 1.28. The van der Waals surface area contributed by atoms with Crippen LogP contribution in [0.2, 0.25) is 0 Å². The van der Waals surface area contributed by atoms with Crippen LogP contribution in [0.1, 0.15) is 93.6 Å². The number of amides is 3. The van der Waals surface area contributed by atoms with Gasteiger partial charge in [-0.2, -0.15) is 0 Å². The van der Waals surface area contributed by atoms with Crippen LogP contribution in [0.5, 0.6) is 0 Å². The van der Waals surface area contributed by atoms with Gasteiger partial charge in [-0.05, 0) is 69.2 Å². The predicted molar refractivity (Wildman–Crippen MR) is 151 cm³/mol. The highest BCUT2D eigenvalue weighted by Gasteiger charge is 2.26. The number of carbonyl (C=O) groups is 3. The third-order valence-electron chi connectivity index (χ3n) is 6.69. The van der Waals surface area contributed by atoms with E-state index in [1.165, 1.54) is 5.01 Å². The summed E-state index contributed by atoms with van der Waals surface area (Å²) in [6.45, 7) is 9.46. The van der Waals surface area contributed by atoms with Crippen molar-refractivity contribution in [2.75, 3.05) is 19.6 Å². The van der Waals surface area contributed by atoms with E-state index >= 15 is 0 Å². The third kappa shape index (κ3) is 9.93. The SMILES string of the molecule is CCCCCCN(NC(=O)c1ccc(C2CCN(C(=O)OCc3ccccc3)CC2)cc1)C(=O)OC(C)(C)C. The Bertz CT molecular complexity index is 1060. The molecular weight excluding hydrogens is 494 g/mol. The number of ether oxygens (including phenoxy) is 2. The van der Waals surface area contributed by atoms with Gasteiger partial charge >= 0.3 is 12.2 Å². The molecule has 212 valence electrons. The highest BCUT2D eigenvalue weighted by Crippen LogP contribution is 2.28. The first-order valence-corrected chi connectivity index (χ1v) is 14.0. The monoisotopic (exact) mass is 537 g/mol. The molecule has 0 aliphatic carbocycles. The maximum Gasteiger partial charge on any atom is 0.429 e. The number of hydrogen-bond acceptors (Lipinski definition) is 5. The molecule has 1 saturated heterocycles. The summed E-state index contributed by atoms with van der Waals surface area (Å²) in [7, 11) is 0. The van der Waals surface area contributed by atoms with Crippen LogP contribution in [0.4, 0.5) is 9.59 Å². The smallest absolute Gasteiger partial charge is 0.429 e. The normalized spacial score (nSPS) is 14.0. The Morgan fingerprint density at radius 1 is 0.949 bits per heavy atom. The van der Waals surface area contributed by atoms with E-state index in [0.29, 0.717) is 31.1 Å². The van der Waals surface area contributed by atoms with Gasteiger partial charge in [-0.25, -0.2) is 14.6 Å². The lowest BCUT2D eigenvalue weighted by molar-refractivity contribution is 0.0129. The van der Waals surface area contributed by atoms with Crippen molar-refractivity contribution in [3.05, 3.63) is 71.3 Å². The van der Waals surface area contributed by atoms with Gasteiger partial charge in [0.1, 0.15) is 12.2 Å². The van der Waals surface area contributed by atoms with Crippen LogP contribution in [0.25, 0.3) is 0 Å². The molecule has 1 N–H and O–H groups in total. The van der Waals surface area contributed by atoms with Crippen molar-refractivity contribution in [2.24, 2.45) is 0 Å². The molecule has 0 unspecified atom stereocenters. The lowest BCUT2D eigenvalue weighted by Gasteiger charge is -2.31. The molecule has 3 rings (SSSR count). The number of unbranched alkanes of at least 4 members (excludes halogenated alkanes) is 3. The van der Waals surface area contributed by atoms with Crippen molar-refractivity contribution in [3.8, 4) is 0 Å². The summed E-state index contributed by atoms with van der Waals surface area (Å²) < 4.78 is 11.0. The predicted octanol–water partition coefficient (Wildman–Crippen LogP) is 6.67. The minimum absolute atomic E-state index is 0.271. The van der Waals surface area contributed by atoms with Crippen LogP contribution >= 0.6 is 0 Å². The minimum Gasteiger partial charge on any atom is -0.445 e. The van der Waals surface area contributed by atoms with Crippen molar-refractivity contribution >= 4 is 18.1 Å². The number of benzene rings is 2. The van der Waals surface area contributed by atoms with E-state index in [-0.39, 0.29) is 18.6 Å². The van der Waals surface area contributed by atoms with E-state index < -0.39 is 11.7 Å². The highest BCUT2D eigenvalue weighted by molar-refractivity contribution is 5.95. The fourth-order valence-electron chi connectivity index (χ4n) is 4.51. The molecule has 0 atom stereocenters. The first kappa shape index (κ1) is 30.0. The molecule has 2 aromatic carbocycles. The number of nitrogens with one attached hydrogen (secondary N) is 1. The molecule has 1 aliphatic rings. The summed E-state index contributed by atoms with van der Waals surface area (Å²) >= 11 is 0. The number of hydrogen-bond donors (Lipinski definition) is 1. The standard InChI is InChI=1S/C31H43N3O5/c1-5-6-7-11-20-34(30(37)39-31(2,3)4)32-28(35)27-16-14-25(15-17-27)26-18-21-33(22-19-26)29(36)38-23-24-12-9-8-10-13-24/h8-10,12-17,26H,5-7,11,18-23H2,1-4H3,(H,32,35). The molecule has 2 aromatic rings. The Hall–Kier alpha value is -3.55. The van der Waals surface area contributed by atoms with E-state index in [2.05, 4.69) is 12.3 Å². The quantitative estimate of drug-likeness (QED) is 0.285. The third-order valence-corrected chi connectivity index (χ3v) is 6.69. The minimum atomic E-state index is -0.653. The fourth-order valence-corrected chi connectivity index (χ4v) is 4.51. The van der Waals surface area contributed by atoms with E-state index in [9.17, 15) is 14.4 Å². The summed E-state index contributed by atoms with van der Waals surface area (Å²) in [4.78, 5) is 39.9. The van der Waals surface area contributed by atoms with Crippen molar-refractivity contribution in [1.29, 1.82) is 0 Å². The average molecular weight is 538 g/mol. The van der Waals surface area contributed by atoms with Gasteiger partial charge in [0.05, 0.1) is 0 Å². The van der Waals surface area contributed by atoms with Crippen LogP contribution in [-0.4, -0.2) is 53.2 Å². The summed E-state index contributed by atoms with van der Waals surface area (Å²) in [6, 6.07) is 17.2. The Morgan fingerprint density at radius 2 is 1.62 bits per heavy atom. The lowest BCUT2D eigenvalue weighted by atomic mass is 9.89.